The van der Waals surface area contributed by atoms with Crippen molar-refractivity contribution in [3.63, 3.8) is 0 Å². The zero-order chi connectivity index (χ0) is 12.1. The second-order valence-corrected chi connectivity index (χ2v) is 6.17. The second-order valence-electron chi connectivity index (χ2n) is 6.17. The van der Waals surface area contributed by atoms with Gasteiger partial charge in [-0.15, -0.1) is 0 Å². The third-order valence-electron chi connectivity index (χ3n) is 4.41. The summed E-state index contributed by atoms with van der Waals surface area (Å²) in [4.78, 5) is 2.75. The van der Waals surface area contributed by atoms with Crippen molar-refractivity contribution in [2.45, 2.75) is 70.9 Å². The molecule has 0 radical (unpaired) electrons. The molecule has 1 saturated heterocycles. The highest BCUT2D eigenvalue weighted by Gasteiger charge is 2.27. The maximum absolute atomic E-state index is 3.65. The molecule has 17 heavy (non-hydrogen) atoms. The summed E-state index contributed by atoms with van der Waals surface area (Å²) in [5, 5.41) is 3.65. The predicted octanol–water partition coefficient (Wildman–Crippen LogP) is 3.03. The topological polar surface area (TPSA) is 15.3 Å². The summed E-state index contributed by atoms with van der Waals surface area (Å²) in [6, 6.07) is 1.57. The SMILES string of the molecule is CCCCN(CC1CCCN1)C(C)CC1CC1. The molecule has 2 nitrogen and oxygen atoms in total. The van der Waals surface area contributed by atoms with Gasteiger partial charge >= 0.3 is 0 Å². The highest BCUT2D eigenvalue weighted by molar-refractivity contribution is 4.83. The van der Waals surface area contributed by atoms with E-state index in [1.54, 1.807) is 0 Å². The molecule has 0 bridgehead atoms. The van der Waals surface area contributed by atoms with Crippen LogP contribution in [0.15, 0.2) is 0 Å². The maximum atomic E-state index is 3.65. The van der Waals surface area contributed by atoms with E-state index in [0.29, 0.717) is 0 Å². The molecule has 2 atom stereocenters. The lowest BCUT2D eigenvalue weighted by atomic mass is 10.1. The Morgan fingerprint density at radius 2 is 2.12 bits per heavy atom. The van der Waals surface area contributed by atoms with Crippen LogP contribution in [0, 0.1) is 5.92 Å². The molecule has 2 aliphatic rings. The van der Waals surface area contributed by atoms with Gasteiger partial charge in [0.05, 0.1) is 0 Å². The highest BCUT2D eigenvalue weighted by Crippen LogP contribution is 2.34. The van der Waals surface area contributed by atoms with Crippen molar-refractivity contribution in [2.24, 2.45) is 5.92 Å². The molecule has 0 spiro atoms. The molecule has 2 heteroatoms. The van der Waals surface area contributed by atoms with E-state index in [0.717, 1.165) is 18.0 Å². The Labute approximate surface area is 107 Å². The van der Waals surface area contributed by atoms with Crippen LogP contribution in [0.3, 0.4) is 0 Å². The zero-order valence-corrected chi connectivity index (χ0v) is 11.8. The number of hydrogen-bond acceptors (Lipinski definition) is 2. The molecule has 2 unspecified atom stereocenters. The fourth-order valence-electron chi connectivity index (χ4n) is 3.03. The quantitative estimate of drug-likeness (QED) is 0.699. The molecule has 0 amide bonds. The van der Waals surface area contributed by atoms with Gasteiger partial charge in [-0.05, 0) is 51.6 Å². The maximum Gasteiger partial charge on any atom is 0.0195 e. The Balaban J connectivity index is 1.76. The van der Waals surface area contributed by atoms with E-state index in [1.807, 2.05) is 0 Å². The molecule has 1 aliphatic heterocycles. The van der Waals surface area contributed by atoms with Crippen molar-refractivity contribution in [1.82, 2.24) is 10.2 Å². The lowest BCUT2D eigenvalue weighted by Crippen LogP contribution is -2.43. The number of nitrogens with zero attached hydrogens (tertiary/aromatic N) is 1. The molecule has 0 aromatic carbocycles. The lowest BCUT2D eigenvalue weighted by Gasteiger charge is -2.31. The van der Waals surface area contributed by atoms with Crippen molar-refractivity contribution in [3.05, 3.63) is 0 Å². The fraction of sp³-hybridized carbons (Fsp3) is 1.00. The molecule has 0 aromatic heterocycles. The standard InChI is InChI=1S/C15H30N2/c1-3-4-10-17(12-15-6-5-9-16-15)13(2)11-14-7-8-14/h13-16H,3-12H2,1-2H3. The Morgan fingerprint density at radius 1 is 1.29 bits per heavy atom. The number of unbranched alkanes of at least 4 members (excludes halogenated alkanes) is 1. The van der Waals surface area contributed by atoms with Gasteiger partial charge in [0.25, 0.3) is 0 Å². The van der Waals surface area contributed by atoms with E-state index < -0.39 is 0 Å². The average Bonchev–Trinajstić information content (AvgIpc) is 2.98. The van der Waals surface area contributed by atoms with Crippen LogP contribution in [0.5, 0.6) is 0 Å². The summed E-state index contributed by atoms with van der Waals surface area (Å²) in [6.07, 6.45) is 9.88. The van der Waals surface area contributed by atoms with Gasteiger partial charge in [0.2, 0.25) is 0 Å². The first-order chi connectivity index (χ1) is 8.29. The Hall–Kier alpha value is -0.0800. The molecule has 1 N–H and O–H groups in total. The summed E-state index contributed by atoms with van der Waals surface area (Å²) in [7, 11) is 0. The van der Waals surface area contributed by atoms with E-state index in [-0.39, 0.29) is 0 Å². The van der Waals surface area contributed by atoms with E-state index in [1.165, 1.54) is 64.6 Å². The lowest BCUT2D eigenvalue weighted by molar-refractivity contribution is 0.175. The molecular formula is C15H30N2. The first kappa shape index (κ1) is 13.4. The van der Waals surface area contributed by atoms with Gasteiger partial charge in [-0.3, -0.25) is 4.90 Å². The second kappa shape index (κ2) is 6.75. The third kappa shape index (κ3) is 4.59. The van der Waals surface area contributed by atoms with Crippen LogP contribution in [0.4, 0.5) is 0 Å². The number of hydrogen-bond donors (Lipinski definition) is 1. The Bertz CT molecular complexity index is 207. The van der Waals surface area contributed by atoms with Gasteiger partial charge in [-0.2, -0.15) is 0 Å². The van der Waals surface area contributed by atoms with E-state index >= 15 is 0 Å². The molecule has 1 saturated carbocycles. The van der Waals surface area contributed by atoms with Crippen LogP contribution in [-0.2, 0) is 0 Å². The first-order valence-corrected chi connectivity index (χ1v) is 7.77. The predicted molar refractivity (Wildman–Crippen MR) is 74.3 cm³/mol. The zero-order valence-electron chi connectivity index (χ0n) is 11.8. The minimum atomic E-state index is 0.772. The summed E-state index contributed by atoms with van der Waals surface area (Å²) in [5.41, 5.74) is 0. The number of nitrogens with one attached hydrogen (secondary N) is 1. The van der Waals surface area contributed by atoms with Crippen molar-refractivity contribution >= 4 is 0 Å². The fourth-order valence-corrected chi connectivity index (χ4v) is 3.03. The Morgan fingerprint density at radius 3 is 2.71 bits per heavy atom. The Kier molecular flexibility index (Phi) is 5.30. The largest absolute Gasteiger partial charge is 0.313 e. The smallest absolute Gasteiger partial charge is 0.0195 e. The monoisotopic (exact) mass is 238 g/mol. The molecule has 2 fully saturated rings. The average molecular weight is 238 g/mol. The molecule has 1 heterocycles. The summed E-state index contributed by atoms with van der Waals surface area (Å²) < 4.78 is 0. The molecular weight excluding hydrogens is 208 g/mol. The van der Waals surface area contributed by atoms with Gasteiger partial charge < -0.3 is 5.32 Å². The minimum absolute atomic E-state index is 0.772. The molecule has 0 aromatic rings. The van der Waals surface area contributed by atoms with Crippen LogP contribution in [0.25, 0.3) is 0 Å². The van der Waals surface area contributed by atoms with E-state index in [9.17, 15) is 0 Å². The van der Waals surface area contributed by atoms with Gasteiger partial charge in [0.1, 0.15) is 0 Å². The third-order valence-corrected chi connectivity index (χ3v) is 4.41. The van der Waals surface area contributed by atoms with Gasteiger partial charge in [-0.1, -0.05) is 26.2 Å². The molecule has 100 valence electrons. The number of rotatable bonds is 8. The van der Waals surface area contributed by atoms with Crippen LogP contribution < -0.4 is 5.32 Å². The van der Waals surface area contributed by atoms with Gasteiger partial charge in [0.15, 0.2) is 0 Å². The van der Waals surface area contributed by atoms with Gasteiger partial charge in [0, 0.05) is 18.6 Å². The van der Waals surface area contributed by atoms with E-state index in [2.05, 4.69) is 24.1 Å². The van der Waals surface area contributed by atoms with Crippen LogP contribution in [0.1, 0.15) is 58.8 Å². The summed E-state index contributed by atoms with van der Waals surface area (Å²) in [6.45, 7) is 8.58. The van der Waals surface area contributed by atoms with Gasteiger partial charge in [-0.25, -0.2) is 0 Å². The van der Waals surface area contributed by atoms with Crippen LogP contribution >= 0.6 is 0 Å². The van der Waals surface area contributed by atoms with Crippen LogP contribution in [-0.4, -0.2) is 36.6 Å². The van der Waals surface area contributed by atoms with Crippen LogP contribution in [0.2, 0.25) is 0 Å². The normalized spacial score (nSPS) is 26.6. The highest BCUT2D eigenvalue weighted by atomic mass is 15.2. The van der Waals surface area contributed by atoms with Crippen molar-refractivity contribution in [1.29, 1.82) is 0 Å². The van der Waals surface area contributed by atoms with E-state index in [4.69, 9.17) is 0 Å². The minimum Gasteiger partial charge on any atom is -0.313 e. The first-order valence-electron chi connectivity index (χ1n) is 7.77. The summed E-state index contributed by atoms with van der Waals surface area (Å²) >= 11 is 0. The summed E-state index contributed by atoms with van der Waals surface area (Å²) in [5.74, 6) is 1.06. The van der Waals surface area contributed by atoms with Crippen molar-refractivity contribution in [3.8, 4) is 0 Å². The van der Waals surface area contributed by atoms with Crippen molar-refractivity contribution < 1.29 is 0 Å². The molecule has 1 aliphatic carbocycles. The van der Waals surface area contributed by atoms with Crippen molar-refractivity contribution in [2.75, 3.05) is 19.6 Å². The molecule has 2 rings (SSSR count).